The van der Waals surface area contributed by atoms with Gasteiger partial charge in [-0.3, -0.25) is 24.0 Å². The number of aryl methyl sites for hydroxylation is 5. The number of H-pyrrole nitrogens is 5. The number of carboxylic acids is 5. The van der Waals surface area contributed by atoms with Crippen LogP contribution in [0.25, 0.3) is 111 Å². The van der Waals surface area contributed by atoms with Crippen LogP contribution in [0.2, 0.25) is 0 Å². The number of carboxylic acid groups (broad SMARTS) is 5. The minimum absolute atomic E-state index is 0.00161. The molecule has 722 valence electrons. The molecule has 22 N–H and O–H groups in total. The molecule has 0 saturated heterocycles. The summed E-state index contributed by atoms with van der Waals surface area (Å²) >= 11 is 0. The van der Waals surface area contributed by atoms with Crippen molar-refractivity contribution in [1.82, 2.24) is 74.3 Å². The van der Waals surface area contributed by atoms with Crippen molar-refractivity contribution in [3.8, 4) is 85.0 Å². The van der Waals surface area contributed by atoms with Crippen molar-refractivity contribution in [3.63, 3.8) is 0 Å². The predicted molar refractivity (Wildman–Crippen MR) is 524 cm³/mol. The molecular formula is C100H115N15O22. The number of aliphatic hydroxyl groups is 2. The highest BCUT2D eigenvalue weighted by Gasteiger charge is 2.28. The first kappa shape index (κ1) is 102. The molecule has 0 aliphatic carbocycles. The molecule has 0 spiro atoms. The number of aromatic amines is 5. The number of fused-ring (bicyclic) bond motifs is 5. The van der Waals surface area contributed by atoms with Crippen LogP contribution in [-0.4, -0.2) is 183 Å². The number of hydrogen-bond donors (Lipinski definition) is 22. The molecular weight excluding hydrogens is 1760 g/mol. The van der Waals surface area contributed by atoms with Gasteiger partial charge in [-0.2, -0.15) is 0 Å². The fourth-order valence-corrected chi connectivity index (χ4v) is 16.2. The molecule has 137 heavy (non-hydrogen) atoms. The van der Waals surface area contributed by atoms with Crippen molar-refractivity contribution in [2.45, 2.75) is 140 Å². The first-order chi connectivity index (χ1) is 64.6. The van der Waals surface area contributed by atoms with Gasteiger partial charge in [-0.05, 0) is 194 Å². The largest absolute Gasteiger partial charge is 0.506 e. The van der Waals surface area contributed by atoms with E-state index in [-0.39, 0.29) is 24.8 Å². The Morgan fingerprint density at radius 3 is 0.781 bits per heavy atom. The van der Waals surface area contributed by atoms with E-state index in [2.05, 4.69) is 125 Å². The summed E-state index contributed by atoms with van der Waals surface area (Å²) in [5.74, 6) is -9.86. The quantitative estimate of drug-likeness (QED) is 0.0213. The molecule has 10 aromatic heterocycles. The molecule has 0 bridgehead atoms. The molecule has 5 aromatic carbocycles. The van der Waals surface area contributed by atoms with Gasteiger partial charge in [-0.1, -0.05) is 51.1 Å². The summed E-state index contributed by atoms with van der Waals surface area (Å²) in [6.45, 7) is 27.4. The molecule has 37 heteroatoms. The van der Waals surface area contributed by atoms with Crippen LogP contribution in [0.5, 0.6) is 28.7 Å². The molecule has 1 atom stereocenters. The summed E-state index contributed by atoms with van der Waals surface area (Å²) in [7, 11) is 9.90. The summed E-state index contributed by atoms with van der Waals surface area (Å²) in [6.07, 6.45) is 1.07. The lowest BCUT2D eigenvalue weighted by atomic mass is 10.0. The fraction of sp³-hybridized carbons (Fsp3) is 0.300. The van der Waals surface area contributed by atoms with Gasteiger partial charge in [-0.25, -0.2) is 24.0 Å². The topological polar surface area (TPSA) is 577 Å². The molecule has 0 aliphatic heterocycles. The van der Waals surface area contributed by atoms with E-state index < -0.39 is 114 Å². The molecule has 15 aromatic rings. The van der Waals surface area contributed by atoms with E-state index in [1.165, 1.54) is 0 Å². The molecule has 37 nitrogen and oxygen atoms in total. The fourth-order valence-electron chi connectivity index (χ4n) is 16.2. The van der Waals surface area contributed by atoms with E-state index in [9.17, 15) is 73.5 Å². The van der Waals surface area contributed by atoms with Crippen LogP contribution in [0.4, 0.5) is 0 Å². The van der Waals surface area contributed by atoms with E-state index in [4.69, 9.17) is 35.7 Å². The van der Waals surface area contributed by atoms with Crippen LogP contribution in [-0.2, 0) is 68.0 Å². The van der Waals surface area contributed by atoms with E-state index >= 15 is 0 Å². The van der Waals surface area contributed by atoms with Crippen molar-refractivity contribution >= 4 is 84.4 Å². The van der Waals surface area contributed by atoms with E-state index in [1.807, 2.05) is 154 Å². The number of nitrogens with one attached hydrogen (secondary N) is 10. The second-order valence-corrected chi connectivity index (χ2v) is 34.9. The third-order valence-electron chi connectivity index (χ3n) is 24.1. The molecule has 15 rings (SSSR count). The lowest BCUT2D eigenvalue weighted by Crippen LogP contribution is -2.35. The summed E-state index contributed by atoms with van der Waals surface area (Å²) < 4.78 is 10.4. The minimum atomic E-state index is -1.47. The van der Waals surface area contributed by atoms with Crippen LogP contribution < -0.4 is 54.4 Å². The Balaban J connectivity index is 0.000000164. The summed E-state index contributed by atoms with van der Waals surface area (Å²) in [4.78, 5) is 129. The number of hydrogen-bond acceptors (Lipinski definition) is 22. The maximum atomic E-state index is 12.1. The highest BCUT2D eigenvalue weighted by atomic mass is 16.4. The normalized spacial score (nSPS) is 11.6. The zero-order valence-corrected chi connectivity index (χ0v) is 79.0. The lowest BCUT2D eigenvalue weighted by molar-refractivity contribution is 0.0680. The maximum absolute atomic E-state index is 12.1. The minimum Gasteiger partial charge on any atom is -0.506 e. The Morgan fingerprint density at radius 1 is 0.343 bits per heavy atom. The monoisotopic (exact) mass is 1880 g/mol. The third-order valence-corrected chi connectivity index (χ3v) is 24.1. The standard InChI is InChI=1S/C21H25N3O4.C20H23N3O5.2C20H23N3O4.C19H21N3O5/c1-11-17(23-19(26)16(18(11)25)20(27)28)12-6-7-15-13(8-12)9-14(24(15)5)10-22-21(2,3)4;1-10(9-24)21-8-14-7-13-6-12(4-5-15(13)23(14)3)17-11(2)18(25)16(20(27)28)19(26)22-17;1-10(2)21-9-14-8-13-7-12(5-6-15(13)23(14)4)17-11(3)18(24)16(20(26)27)19(25)22-17;1-4-7-21-10-14-9-13-8-12(5-6-15(13)23(14)3)17-11(2)18(24)16(20(26)27)19(25)22-17;1-10-16(21-18(25)15(17(10)24)19(26)27)11-3-4-14-12(7-11)8-13(22(14)2)9-20-5-6-23/h6-9,22H,10H2,1-5H3,(H,27,28)(H2,23,25,26);4-7,10,21,24H,8-9H2,1-3H3,(H,27,28)(H2,22,25,26);5-8,10,21H,9H2,1-4H3,(H,26,27)(H2,22,24,25);5-6,8-9,21H,4,7,10H2,1-3H3,(H,26,27)(H2,22,24,25);3-4,7-8,20,23H,5-6,9H2,1-2H3,(H,26,27)(H2,21,24,25). The first-order valence-corrected chi connectivity index (χ1v) is 43.9. The molecule has 0 fully saturated rings. The number of nitrogens with zero attached hydrogens (tertiary/aromatic N) is 5. The maximum Gasteiger partial charge on any atom is 0.345 e. The predicted octanol–water partition coefficient (Wildman–Crippen LogP) is 11.7. The molecule has 10 heterocycles. The van der Waals surface area contributed by atoms with Crippen molar-refractivity contribution < 1.29 is 85.3 Å². The Hall–Kier alpha value is -15.4. The van der Waals surface area contributed by atoms with Gasteiger partial charge in [0.1, 0.15) is 28.7 Å². The third kappa shape index (κ3) is 22.0. The molecule has 0 aliphatic rings. The van der Waals surface area contributed by atoms with Crippen LogP contribution >= 0.6 is 0 Å². The average Bonchev–Trinajstić information content (AvgIpc) is 1.76. The second kappa shape index (κ2) is 42.5. The Labute approximate surface area is 783 Å². The number of benzene rings is 5. The van der Waals surface area contributed by atoms with Gasteiger partial charge in [0.05, 0.1) is 41.7 Å². The van der Waals surface area contributed by atoms with Gasteiger partial charge in [0.15, 0.2) is 27.8 Å². The van der Waals surface area contributed by atoms with Gasteiger partial charge in [0.2, 0.25) is 0 Å². The summed E-state index contributed by atoms with van der Waals surface area (Å²) in [5, 5.41) is 136. The van der Waals surface area contributed by atoms with Crippen molar-refractivity contribution in [3.05, 3.63) is 257 Å². The van der Waals surface area contributed by atoms with Gasteiger partial charge in [0, 0.05) is 203 Å². The SMILES string of the molecule is CCCNCc1cc2cc(-c3[nH]c(=O)c(C(=O)O)c(O)c3C)ccc2n1C.Cc1c(-c2ccc3c(c2)cc(CNC(C)(C)C)n3C)[nH]c(=O)c(C(=O)O)c1O.Cc1c(-c2ccc3c(c2)cc(CNC(C)C)n3C)[nH]c(=O)c(C(=O)O)c1O.Cc1c(-c2ccc3c(c2)cc(CNC(C)CO)n3C)[nH]c(=O)c(C(=O)O)c1O.Cc1c(-c2ccc3c(c2)cc(CNCCO)n3C)[nH]c(=O)c(C(=O)O)c1O. The molecule has 0 saturated carbocycles. The highest BCUT2D eigenvalue weighted by Crippen LogP contribution is 2.38. The van der Waals surface area contributed by atoms with Crippen molar-refractivity contribution in [1.29, 1.82) is 0 Å². The first-order valence-electron chi connectivity index (χ1n) is 43.9. The summed E-state index contributed by atoms with van der Waals surface area (Å²) in [6, 6.07) is 39.0. The lowest BCUT2D eigenvalue weighted by Gasteiger charge is -2.20. The second-order valence-electron chi connectivity index (χ2n) is 34.9. The zero-order chi connectivity index (χ0) is 101. The number of carbonyl (C=O) groups is 5. The van der Waals surface area contributed by atoms with Crippen LogP contribution in [0.15, 0.2) is 145 Å². The number of aromatic carboxylic acids is 5. The number of aromatic nitrogens is 10. The van der Waals surface area contributed by atoms with Gasteiger partial charge in [0.25, 0.3) is 27.8 Å². The zero-order valence-electron chi connectivity index (χ0n) is 79.0. The summed E-state index contributed by atoms with van der Waals surface area (Å²) in [5.41, 5.74) is 10.2. The van der Waals surface area contributed by atoms with Gasteiger partial charge >= 0.3 is 29.8 Å². The molecule has 1 unspecified atom stereocenters. The van der Waals surface area contributed by atoms with Crippen LogP contribution in [0.1, 0.15) is 163 Å². The average molecular weight is 1880 g/mol. The Bertz CT molecular complexity index is 7370. The van der Waals surface area contributed by atoms with Gasteiger partial charge in [-0.15, -0.1) is 0 Å². The molecule has 0 radical (unpaired) electrons. The van der Waals surface area contributed by atoms with E-state index in [0.29, 0.717) is 116 Å². The Morgan fingerprint density at radius 2 is 0.569 bits per heavy atom. The number of pyridine rings is 5. The van der Waals surface area contributed by atoms with Crippen LogP contribution in [0.3, 0.4) is 0 Å². The highest BCUT2D eigenvalue weighted by molar-refractivity contribution is 5.98. The van der Waals surface area contributed by atoms with E-state index in [0.717, 1.165) is 109 Å². The smallest absolute Gasteiger partial charge is 0.345 e. The van der Waals surface area contributed by atoms with Crippen molar-refractivity contribution in [2.75, 3.05) is 26.3 Å². The van der Waals surface area contributed by atoms with Crippen LogP contribution in [0, 0.1) is 34.6 Å². The van der Waals surface area contributed by atoms with Crippen molar-refractivity contribution in [2.24, 2.45) is 35.2 Å². The molecule has 0 amide bonds. The Kier molecular flexibility index (Phi) is 31.7. The van der Waals surface area contributed by atoms with Gasteiger partial charge < -0.3 is 136 Å². The van der Waals surface area contributed by atoms with E-state index in [1.54, 1.807) is 34.6 Å². The number of aliphatic hydroxyl groups excluding tert-OH is 2. The number of rotatable bonds is 27. The number of aromatic hydroxyl groups is 5.